The topological polar surface area (TPSA) is 47.3 Å². The van der Waals surface area contributed by atoms with Crippen LogP contribution in [0.3, 0.4) is 0 Å². The van der Waals surface area contributed by atoms with Gasteiger partial charge in [0.1, 0.15) is 5.82 Å². The van der Waals surface area contributed by atoms with Crippen molar-refractivity contribution in [3.63, 3.8) is 0 Å². The van der Waals surface area contributed by atoms with Crippen LogP contribution in [0.4, 0.5) is 4.39 Å². The Hall–Kier alpha value is -0.490. The van der Waals surface area contributed by atoms with Gasteiger partial charge in [0.2, 0.25) is 0 Å². The molecule has 0 radical (unpaired) electrons. The molecule has 0 heterocycles. The Bertz CT molecular complexity index is 497. The predicted molar refractivity (Wildman–Crippen MR) is 86.2 cm³/mol. The van der Waals surface area contributed by atoms with E-state index in [0.717, 1.165) is 25.7 Å². The van der Waals surface area contributed by atoms with Gasteiger partial charge in [-0.15, -0.1) is 0 Å². The van der Waals surface area contributed by atoms with Gasteiger partial charge in [0.05, 0.1) is 16.1 Å². The van der Waals surface area contributed by atoms with E-state index in [-0.39, 0.29) is 11.9 Å². The summed E-state index contributed by atoms with van der Waals surface area (Å²) in [7, 11) is 1.69. The Labute approximate surface area is 134 Å². The lowest BCUT2D eigenvalue weighted by Crippen LogP contribution is -2.51. The summed E-state index contributed by atoms with van der Waals surface area (Å²) in [5.41, 5.74) is 3.18. The summed E-state index contributed by atoms with van der Waals surface area (Å²) in [5.74, 6) is 5.49. The van der Waals surface area contributed by atoms with Gasteiger partial charge in [-0.1, -0.05) is 26.0 Å². The second-order valence-corrected chi connectivity index (χ2v) is 7.53. The normalized spacial score (nSPS) is 22.0. The molecule has 0 saturated heterocycles. The van der Waals surface area contributed by atoms with Crippen molar-refractivity contribution < 1.29 is 9.13 Å². The summed E-state index contributed by atoms with van der Waals surface area (Å²) in [6.45, 7) is 4.52. The number of hydrogen-bond donors (Lipinski definition) is 2. The summed E-state index contributed by atoms with van der Waals surface area (Å²) in [5, 5.41) is 0. The summed E-state index contributed by atoms with van der Waals surface area (Å²) < 4.78 is 20.8. The van der Waals surface area contributed by atoms with E-state index < -0.39 is 5.60 Å². The average molecular weight is 359 g/mol. The highest BCUT2D eigenvalue weighted by molar-refractivity contribution is 9.10. The molecule has 0 bridgehead atoms. The second kappa shape index (κ2) is 6.32. The maximum absolute atomic E-state index is 14.5. The van der Waals surface area contributed by atoms with E-state index in [1.54, 1.807) is 19.2 Å². The largest absolute Gasteiger partial charge is 0.376 e. The third kappa shape index (κ3) is 3.31. The minimum Gasteiger partial charge on any atom is -0.376 e. The number of nitrogens with one attached hydrogen (secondary N) is 1. The van der Waals surface area contributed by atoms with Crippen LogP contribution >= 0.6 is 15.9 Å². The first kappa shape index (κ1) is 16.9. The first-order chi connectivity index (χ1) is 9.85. The Morgan fingerprint density at radius 2 is 1.90 bits per heavy atom. The quantitative estimate of drug-likeness (QED) is 0.629. The number of methoxy groups -OCH3 is 1. The molecule has 5 heteroatoms. The molecule has 1 atom stereocenters. The molecule has 0 amide bonds. The third-order valence-electron chi connectivity index (χ3n) is 4.84. The highest BCUT2D eigenvalue weighted by Crippen LogP contribution is 2.47. The van der Waals surface area contributed by atoms with Gasteiger partial charge in [0, 0.05) is 12.7 Å². The van der Waals surface area contributed by atoms with Crippen molar-refractivity contribution in [3.8, 4) is 0 Å². The Kier molecular flexibility index (Phi) is 5.08. The molecule has 118 valence electrons. The smallest absolute Gasteiger partial charge is 0.142 e. The standard InChI is InChI=1S/C16H24BrFN2O/c1-15(2)7-9-16(21-3,10-8-15)14(20-19)11-5-4-6-12(17)13(11)18/h4-6,14,20H,7-10,19H2,1-3H3. The van der Waals surface area contributed by atoms with Crippen molar-refractivity contribution >= 4 is 15.9 Å². The maximum Gasteiger partial charge on any atom is 0.142 e. The van der Waals surface area contributed by atoms with E-state index in [9.17, 15) is 4.39 Å². The van der Waals surface area contributed by atoms with Crippen molar-refractivity contribution in [1.82, 2.24) is 5.43 Å². The van der Waals surface area contributed by atoms with Crippen LogP contribution in [-0.4, -0.2) is 12.7 Å². The lowest BCUT2D eigenvalue weighted by atomic mass is 9.67. The second-order valence-electron chi connectivity index (χ2n) is 6.68. The molecule has 1 aliphatic rings. The zero-order valence-corrected chi connectivity index (χ0v) is 14.5. The summed E-state index contributed by atoms with van der Waals surface area (Å²) in [4.78, 5) is 0. The SMILES string of the molecule is COC1(C(NN)c2cccc(Br)c2F)CCC(C)(C)CC1. The Morgan fingerprint density at radius 1 is 1.29 bits per heavy atom. The average Bonchev–Trinajstić information content (AvgIpc) is 2.46. The summed E-state index contributed by atoms with van der Waals surface area (Å²) in [6, 6.07) is 4.92. The van der Waals surface area contributed by atoms with Crippen molar-refractivity contribution in [1.29, 1.82) is 0 Å². The van der Waals surface area contributed by atoms with Gasteiger partial charge >= 0.3 is 0 Å². The van der Waals surface area contributed by atoms with Crippen LogP contribution in [0.1, 0.15) is 51.1 Å². The van der Waals surface area contributed by atoms with Crippen molar-refractivity contribution in [3.05, 3.63) is 34.1 Å². The number of hydrazine groups is 1. The van der Waals surface area contributed by atoms with Gasteiger partial charge in [-0.25, -0.2) is 9.82 Å². The predicted octanol–water partition coefficient (Wildman–Crippen LogP) is 4.08. The van der Waals surface area contributed by atoms with E-state index in [1.807, 2.05) is 6.07 Å². The third-order valence-corrected chi connectivity index (χ3v) is 5.45. The number of halogens is 2. The minimum atomic E-state index is -0.466. The van der Waals surface area contributed by atoms with Crippen LogP contribution < -0.4 is 11.3 Å². The van der Waals surface area contributed by atoms with Crippen LogP contribution in [0.2, 0.25) is 0 Å². The van der Waals surface area contributed by atoms with E-state index in [0.29, 0.717) is 15.5 Å². The molecule has 21 heavy (non-hydrogen) atoms. The number of rotatable bonds is 4. The molecule has 0 aromatic heterocycles. The summed E-state index contributed by atoms with van der Waals surface area (Å²) in [6.07, 6.45) is 3.79. The van der Waals surface area contributed by atoms with Crippen LogP contribution in [0, 0.1) is 11.2 Å². The monoisotopic (exact) mass is 358 g/mol. The maximum atomic E-state index is 14.5. The number of nitrogens with two attached hydrogens (primary N) is 1. The van der Waals surface area contributed by atoms with E-state index >= 15 is 0 Å². The fraction of sp³-hybridized carbons (Fsp3) is 0.625. The van der Waals surface area contributed by atoms with Gasteiger partial charge < -0.3 is 4.74 Å². The van der Waals surface area contributed by atoms with Crippen LogP contribution in [0.25, 0.3) is 0 Å². The minimum absolute atomic E-state index is 0.276. The molecule has 1 aliphatic carbocycles. The highest BCUT2D eigenvalue weighted by atomic mass is 79.9. The molecule has 1 aromatic carbocycles. The molecule has 0 spiro atoms. The fourth-order valence-corrected chi connectivity index (χ4v) is 3.61. The van der Waals surface area contributed by atoms with Crippen molar-refractivity contribution in [2.45, 2.75) is 51.2 Å². The van der Waals surface area contributed by atoms with Gasteiger partial charge in [-0.3, -0.25) is 5.84 Å². The zero-order valence-electron chi connectivity index (χ0n) is 12.9. The highest BCUT2D eigenvalue weighted by Gasteiger charge is 2.45. The molecule has 1 fully saturated rings. The van der Waals surface area contributed by atoms with E-state index in [4.69, 9.17) is 10.6 Å². The Balaban J connectivity index is 2.37. The van der Waals surface area contributed by atoms with Crippen LogP contribution in [0.15, 0.2) is 22.7 Å². The molecule has 3 nitrogen and oxygen atoms in total. The number of hydrogen-bond acceptors (Lipinski definition) is 3. The summed E-state index contributed by atoms with van der Waals surface area (Å²) >= 11 is 3.24. The first-order valence-corrected chi connectivity index (χ1v) is 8.10. The van der Waals surface area contributed by atoms with E-state index in [1.165, 1.54) is 0 Å². The van der Waals surface area contributed by atoms with Crippen molar-refractivity contribution in [2.75, 3.05) is 7.11 Å². The zero-order chi connectivity index (χ0) is 15.7. The van der Waals surface area contributed by atoms with E-state index in [2.05, 4.69) is 35.2 Å². The van der Waals surface area contributed by atoms with Gasteiger partial charge in [-0.05, 0) is 53.1 Å². The van der Waals surface area contributed by atoms with Crippen LogP contribution in [0.5, 0.6) is 0 Å². The lowest BCUT2D eigenvalue weighted by Gasteiger charge is -2.47. The number of benzene rings is 1. The van der Waals surface area contributed by atoms with Gasteiger partial charge in [-0.2, -0.15) is 0 Å². The fourth-order valence-electron chi connectivity index (χ4n) is 3.23. The van der Waals surface area contributed by atoms with Crippen molar-refractivity contribution in [2.24, 2.45) is 11.3 Å². The first-order valence-electron chi connectivity index (χ1n) is 7.30. The molecule has 3 N–H and O–H groups in total. The van der Waals surface area contributed by atoms with Gasteiger partial charge in [0.25, 0.3) is 0 Å². The lowest BCUT2D eigenvalue weighted by molar-refractivity contribution is -0.0883. The molecule has 2 rings (SSSR count). The molecule has 1 unspecified atom stereocenters. The molecule has 1 saturated carbocycles. The molecular weight excluding hydrogens is 335 g/mol. The molecular formula is C16H24BrFN2O. The van der Waals surface area contributed by atoms with Gasteiger partial charge in [0.15, 0.2) is 0 Å². The molecule has 1 aromatic rings. The Morgan fingerprint density at radius 3 is 2.43 bits per heavy atom. The molecule has 0 aliphatic heterocycles. The van der Waals surface area contributed by atoms with Crippen LogP contribution in [-0.2, 0) is 4.74 Å². The number of ether oxygens (including phenoxy) is 1.